The molecule has 0 radical (unpaired) electrons. The molecule has 8 heteroatoms. The number of nitrogens with zero attached hydrogens (tertiary/aromatic N) is 2. The predicted octanol–water partition coefficient (Wildman–Crippen LogP) is 5.92. The maximum absolute atomic E-state index is 13.5. The molecule has 188 valence electrons. The first kappa shape index (κ1) is 24.5. The lowest BCUT2D eigenvalue weighted by atomic mass is 9.95. The third-order valence-electron chi connectivity index (χ3n) is 7.07. The normalized spacial score (nSPS) is 15.1. The molecule has 36 heavy (non-hydrogen) atoms. The number of carbonyl (C=O) groups is 1. The van der Waals surface area contributed by atoms with E-state index in [1.54, 1.807) is 0 Å². The number of fused-ring (bicyclic) bond motifs is 3. The lowest BCUT2D eigenvalue weighted by Crippen LogP contribution is -2.45. The Bertz CT molecular complexity index is 1510. The summed E-state index contributed by atoms with van der Waals surface area (Å²) in [7, 11) is -3.97. The van der Waals surface area contributed by atoms with E-state index in [0.717, 1.165) is 59.7 Å². The molecule has 1 fully saturated rings. The third kappa shape index (κ3) is 4.63. The smallest absolute Gasteiger partial charge is 0.243 e. The highest BCUT2D eigenvalue weighted by Crippen LogP contribution is 2.32. The van der Waals surface area contributed by atoms with Gasteiger partial charge in [-0.1, -0.05) is 37.5 Å². The third-order valence-corrected chi connectivity index (χ3v) is 8.99. The molecule has 3 aromatic carbocycles. The summed E-state index contributed by atoms with van der Waals surface area (Å²) in [5, 5.41) is 5.05. The Balaban J connectivity index is 1.43. The zero-order valence-corrected chi connectivity index (χ0v) is 21.1. The number of hydrogen-bond acceptors (Lipinski definition) is 3. The van der Waals surface area contributed by atoms with Gasteiger partial charge < -0.3 is 9.88 Å². The van der Waals surface area contributed by atoms with E-state index in [0.29, 0.717) is 18.5 Å². The van der Waals surface area contributed by atoms with E-state index in [1.807, 2.05) is 30.3 Å². The van der Waals surface area contributed by atoms with Crippen LogP contribution in [0.3, 0.4) is 0 Å². The Hall–Kier alpha value is -3.23. The van der Waals surface area contributed by atoms with Crippen LogP contribution in [0.15, 0.2) is 71.6 Å². The van der Waals surface area contributed by atoms with Crippen molar-refractivity contribution in [3.05, 3.63) is 72.5 Å². The number of sulfonamides is 1. The van der Waals surface area contributed by atoms with Gasteiger partial charge in [-0.2, -0.15) is 4.31 Å². The van der Waals surface area contributed by atoms with Crippen molar-refractivity contribution in [1.29, 1.82) is 0 Å². The fourth-order valence-corrected chi connectivity index (χ4v) is 6.98. The number of halogens is 1. The molecule has 5 rings (SSSR count). The van der Waals surface area contributed by atoms with Gasteiger partial charge in [0.2, 0.25) is 15.9 Å². The molecule has 1 aliphatic rings. The average molecular weight is 508 g/mol. The molecule has 0 saturated heterocycles. The first-order valence-electron chi connectivity index (χ1n) is 12.5. The molecule has 0 unspecified atom stereocenters. The number of benzene rings is 3. The van der Waals surface area contributed by atoms with Gasteiger partial charge in [-0.15, -0.1) is 0 Å². The van der Waals surface area contributed by atoms with Crippen LogP contribution in [0, 0.1) is 5.82 Å². The molecule has 6 nitrogen and oxygen atoms in total. The summed E-state index contributed by atoms with van der Waals surface area (Å²) in [6.07, 6.45) is 4.30. The van der Waals surface area contributed by atoms with Crippen LogP contribution in [0.5, 0.6) is 0 Å². The summed E-state index contributed by atoms with van der Waals surface area (Å²) >= 11 is 0. The standard InChI is InChI=1S/C28H30FN3O3S/c1-2-31-26-11-7-6-10-24(26)25-18-21(14-17-27(25)31)30-28(33)19-32(22-8-4-3-5-9-22)36(34,35)23-15-12-20(29)13-16-23/h6-7,10-18,22H,2-5,8-9,19H2,1H3,(H,30,33). The van der Waals surface area contributed by atoms with Crippen LogP contribution in [0.2, 0.25) is 0 Å². The molecule has 0 bridgehead atoms. The molecule has 4 aromatic rings. The summed E-state index contributed by atoms with van der Waals surface area (Å²) in [5.41, 5.74) is 2.83. The van der Waals surface area contributed by atoms with Crippen LogP contribution >= 0.6 is 0 Å². The van der Waals surface area contributed by atoms with E-state index >= 15 is 0 Å². The number of aryl methyl sites for hydroxylation is 1. The molecule has 0 spiro atoms. The van der Waals surface area contributed by atoms with Gasteiger partial charge >= 0.3 is 0 Å². The molecule has 1 aromatic heterocycles. The second-order valence-corrected chi connectivity index (χ2v) is 11.2. The van der Waals surface area contributed by atoms with E-state index in [1.165, 1.54) is 16.4 Å². The van der Waals surface area contributed by atoms with Crippen LogP contribution in [0.25, 0.3) is 21.8 Å². The van der Waals surface area contributed by atoms with Crippen LogP contribution < -0.4 is 5.32 Å². The minimum absolute atomic E-state index is 0.00364. The zero-order chi connectivity index (χ0) is 25.3. The Morgan fingerprint density at radius 3 is 2.39 bits per heavy atom. The maximum Gasteiger partial charge on any atom is 0.243 e. The van der Waals surface area contributed by atoms with Crippen molar-refractivity contribution in [3.63, 3.8) is 0 Å². The molecule has 1 N–H and O–H groups in total. The molecule has 1 aliphatic carbocycles. The number of nitrogens with one attached hydrogen (secondary N) is 1. The van der Waals surface area contributed by atoms with Crippen LogP contribution in [0.4, 0.5) is 10.1 Å². The number of para-hydroxylation sites is 1. The van der Waals surface area contributed by atoms with Gasteiger partial charge in [-0.3, -0.25) is 4.79 Å². The van der Waals surface area contributed by atoms with Crippen LogP contribution in [-0.4, -0.2) is 35.8 Å². The van der Waals surface area contributed by atoms with Crippen molar-refractivity contribution in [2.24, 2.45) is 0 Å². The minimum atomic E-state index is -3.97. The minimum Gasteiger partial charge on any atom is -0.341 e. The number of aromatic nitrogens is 1. The molecular formula is C28H30FN3O3S. The summed E-state index contributed by atoms with van der Waals surface area (Å²) in [6.45, 7) is 2.63. The number of rotatable bonds is 7. The van der Waals surface area contributed by atoms with Gasteiger partial charge in [0.25, 0.3) is 0 Å². The molecule has 0 atom stereocenters. The topological polar surface area (TPSA) is 71.4 Å². The highest BCUT2D eigenvalue weighted by molar-refractivity contribution is 7.89. The average Bonchev–Trinajstić information content (AvgIpc) is 3.21. The van der Waals surface area contributed by atoms with E-state index < -0.39 is 21.7 Å². The molecule has 1 saturated carbocycles. The summed E-state index contributed by atoms with van der Waals surface area (Å²) < 4.78 is 44.0. The first-order valence-corrected chi connectivity index (χ1v) is 13.9. The number of hydrogen-bond donors (Lipinski definition) is 1. The number of anilines is 1. The largest absolute Gasteiger partial charge is 0.341 e. The van der Waals surface area contributed by atoms with E-state index in [-0.39, 0.29) is 17.5 Å². The predicted molar refractivity (Wildman–Crippen MR) is 141 cm³/mol. The second-order valence-electron chi connectivity index (χ2n) is 9.34. The maximum atomic E-state index is 13.5. The van der Waals surface area contributed by atoms with Crippen molar-refractivity contribution >= 4 is 43.4 Å². The highest BCUT2D eigenvalue weighted by Gasteiger charge is 2.34. The monoisotopic (exact) mass is 507 g/mol. The van der Waals surface area contributed by atoms with Gasteiger partial charge in [0, 0.05) is 40.1 Å². The number of carbonyl (C=O) groups excluding carboxylic acids is 1. The fraction of sp³-hybridized carbons (Fsp3) is 0.321. The summed E-state index contributed by atoms with van der Waals surface area (Å²) in [4.78, 5) is 13.2. The molecular weight excluding hydrogens is 477 g/mol. The lowest BCUT2D eigenvalue weighted by Gasteiger charge is -2.33. The summed E-state index contributed by atoms with van der Waals surface area (Å²) in [5.74, 6) is -0.902. The van der Waals surface area contributed by atoms with Crippen molar-refractivity contribution in [2.75, 3.05) is 11.9 Å². The van der Waals surface area contributed by atoms with Crippen molar-refractivity contribution in [1.82, 2.24) is 8.87 Å². The number of amides is 1. The lowest BCUT2D eigenvalue weighted by molar-refractivity contribution is -0.116. The van der Waals surface area contributed by atoms with Gasteiger partial charge in [0.05, 0.1) is 11.4 Å². The van der Waals surface area contributed by atoms with Gasteiger partial charge in [0.1, 0.15) is 5.82 Å². The molecule has 0 aliphatic heterocycles. The summed E-state index contributed by atoms with van der Waals surface area (Å²) in [6, 6.07) is 18.5. The van der Waals surface area contributed by atoms with Gasteiger partial charge in [-0.25, -0.2) is 12.8 Å². The van der Waals surface area contributed by atoms with E-state index in [4.69, 9.17) is 0 Å². The highest BCUT2D eigenvalue weighted by atomic mass is 32.2. The van der Waals surface area contributed by atoms with Gasteiger partial charge in [0.15, 0.2) is 0 Å². The van der Waals surface area contributed by atoms with E-state index in [9.17, 15) is 17.6 Å². The zero-order valence-electron chi connectivity index (χ0n) is 20.3. The quantitative estimate of drug-likeness (QED) is 0.338. The Morgan fingerprint density at radius 2 is 1.67 bits per heavy atom. The van der Waals surface area contributed by atoms with Gasteiger partial charge in [-0.05, 0) is 68.3 Å². The Morgan fingerprint density at radius 1 is 0.972 bits per heavy atom. The molecule has 1 amide bonds. The van der Waals surface area contributed by atoms with Crippen molar-refractivity contribution < 1.29 is 17.6 Å². The Labute approximate surface area is 210 Å². The first-order chi connectivity index (χ1) is 17.4. The van der Waals surface area contributed by atoms with E-state index in [2.05, 4.69) is 28.9 Å². The van der Waals surface area contributed by atoms with Crippen LogP contribution in [-0.2, 0) is 21.4 Å². The second kappa shape index (κ2) is 10.0. The Kier molecular flexibility index (Phi) is 6.81. The van der Waals surface area contributed by atoms with Crippen molar-refractivity contribution in [2.45, 2.75) is 56.5 Å². The van der Waals surface area contributed by atoms with Crippen LogP contribution in [0.1, 0.15) is 39.0 Å². The van der Waals surface area contributed by atoms with Crippen molar-refractivity contribution in [3.8, 4) is 0 Å². The fourth-order valence-electron chi connectivity index (χ4n) is 5.34. The molecule has 1 heterocycles. The SMILES string of the molecule is CCn1c2ccccc2c2cc(NC(=O)CN(C3CCCCC3)S(=O)(=O)c3ccc(F)cc3)ccc21.